The van der Waals surface area contributed by atoms with Gasteiger partial charge in [0.25, 0.3) is 0 Å². The molecule has 0 radical (unpaired) electrons. The quantitative estimate of drug-likeness (QED) is 0.711. The molecule has 1 N–H and O–H groups in total. The van der Waals surface area contributed by atoms with Gasteiger partial charge in [-0.25, -0.2) is 14.8 Å². The Morgan fingerprint density at radius 2 is 2.42 bits per heavy atom. The molecule has 2 aromatic heterocycles. The van der Waals surface area contributed by atoms with Gasteiger partial charge in [-0.1, -0.05) is 0 Å². The molecule has 0 unspecified atom stereocenters. The molecule has 0 atom stereocenters. The van der Waals surface area contributed by atoms with Crippen LogP contribution in [-0.2, 0) is 7.05 Å². The summed E-state index contributed by atoms with van der Waals surface area (Å²) in [5, 5.41) is 0. The van der Waals surface area contributed by atoms with Crippen LogP contribution in [0.1, 0.15) is 0 Å². The molecular weight excluding hydrogens is 224 g/mol. The van der Waals surface area contributed by atoms with E-state index in [2.05, 4.69) is 30.9 Å². The molecule has 2 aromatic rings. The number of imidazole rings is 1. The number of aryl methyl sites for hydroxylation is 1. The van der Waals surface area contributed by atoms with Crippen molar-refractivity contribution in [1.29, 1.82) is 0 Å². The molecule has 0 spiro atoms. The van der Waals surface area contributed by atoms with Gasteiger partial charge in [0.1, 0.15) is 4.60 Å². The number of H-pyrrole nitrogens is 1. The van der Waals surface area contributed by atoms with Crippen LogP contribution < -0.4 is 5.69 Å². The Morgan fingerprint density at radius 3 is 3.17 bits per heavy atom. The monoisotopic (exact) mass is 228 g/mol. The standard InChI is InChI=1S/C6H5BrN4O/c1-11-5-4(10-6(11)12)9-3(7)2-8-5/h2H,1H3,(H,9,10,12). The Balaban J connectivity index is 2.96. The van der Waals surface area contributed by atoms with Crippen LogP contribution in [0.25, 0.3) is 11.3 Å². The molecule has 0 fully saturated rings. The summed E-state index contributed by atoms with van der Waals surface area (Å²) < 4.78 is 2.02. The van der Waals surface area contributed by atoms with Crippen molar-refractivity contribution in [3.8, 4) is 0 Å². The lowest BCUT2D eigenvalue weighted by atomic mass is 10.7. The van der Waals surface area contributed by atoms with Gasteiger partial charge in [0.2, 0.25) is 0 Å². The molecule has 6 heteroatoms. The Kier molecular flexibility index (Phi) is 1.50. The van der Waals surface area contributed by atoms with E-state index >= 15 is 0 Å². The van der Waals surface area contributed by atoms with Gasteiger partial charge in [-0.05, 0) is 15.9 Å². The third-order valence-electron chi connectivity index (χ3n) is 1.57. The van der Waals surface area contributed by atoms with Crippen molar-refractivity contribution in [3.63, 3.8) is 0 Å². The van der Waals surface area contributed by atoms with Crippen LogP contribution in [0.4, 0.5) is 0 Å². The molecule has 0 bridgehead atoms. The van der Waals surface area contributed by atoms with E-state index in [1.165, 1.54) is 4.57 Å². The Labute approximate surface area is 75.6 Å². The fourth-order valence-corrected chi connectivity index (χ4v) is 1.25. The second-order valence-corrected chi connectivity index (χ2v) is 3.17. The fourth-order valence-electron chi connectivity index (χ4n) is 0.972. The Morgan fingerprint density at radius 1 is 1.67 bits per heavy atom. The maximum absolute atomic E-state index is 11.1. The number of rotatable bonds is 0. The van der Waals surface area contributed by atoms with Crippen LogP contribution in [-0.4, -0.2) is 19.5 Å². The van der Waals surface area contributed by atoms with Gasteiger partial charge in [-0.2, -0.15) is 0 Å². The number of hydrogen-bond donors (Lipinski definition) is 1. The molecule has 0 saturated heterocycles. The van der Waals surface area contributed by atoms with Crippen molar-refractivity contribution in [2.24, 2.45) is 7.05 Å². The molecule has 62 valence electrons. The average molecular weight is 229 g/mol. The summed E-state index contributed by atoms with van der Waals surface area (Å²) in [5.74, 6) is 0. The van der Waals surface area contributed by atoms with Crippen LogP contribution in [0.3, 0.4) is 0 Å². The molecule has 0 aliphatic rings. The normalized spacial score (nSPS) is 10.8. The summed E-state index contributed by atoms with van der Waals surface area (Å²) in [6, 6.07) is 0. The largest absolute Gasteiger partial charge is 0.328 e. The van der Waals surface area contributed by atoms with E-state index in [1.54, 1.807) is 13.2 Å². The predicted octanol–water partition coefficient (Wildman–Crippen LogP) is 0.419. The highest BCUT2D eigenvalue weighted by Crippen LogP contribution is 2.07. The molecule has 5 nitrogen and oxygen atoms in total. The fraction of sp³-hybridized carbons (Fsp3) is 0.167. The predicted molar refractivity (Wildman–Crippen MR) is 46.8 cm³/mol. The summed E-state index contributed by atoms with van der Waals surface area (Å²) >= 11 is 3.16. The number of aromatic nitrogens is 4. The molecule has 0 aliphatic heterocycles. The lowest BCUT2D eigenvalue weighted by molar-refractivity contribution is 0.878. The Hall–Kier alpha value is -1.17. The highest BCUT2D eigenvalue weighted by atomic mass is 79.9. The third kappa shape index (κ3) is 0.953. The lowest BCUT2D eigenvalue weighted by Crippen LogP contribution is -2.12. The number of nitrogens with zero attached hydrogens (tertiary/aromatic N) is 3. The summed E-state index contributed by atoms with van der Waals surface area (Å²) in [5.41, 5.74) is 0.850. The van der Waals surface area contributed by atoms with Crippen LogP contribution in [0.2, 0.25) is 0 Å². The minimum atomic E-state index is -0.205. The number of fused-ring (bicyclic) bond motifs is 1. The van der Waals surface area contributed by atoms with Gasteiger partial charge >= 0.3 is 5.69 Å². The summed E-state index contributed by atoms with van der Waals surface area (Å²) in [6.45, 7) is 0. The highest BCUT2D eigenvalue weighted by molar-refractivity contribution is 9.10. The summed E-state index contributed by atoms with van der Waals surface area (Å²) in [4.78, 5) is 21.7. The molecule has 0 aliphatic carbocycles. The Bertz CT molecular complexity index is 486. The van der Waals surface area contributed by atoms with Crippen LogP contribution in [0.5, 0.6) is 0 Å². The van der Waals surface area contributed by atoms with Crippen molar-refractivity contribution >= 4 is 27.2 Å². The first kappa shape index (κ1) is 7.48. The van der Waals surface area contributed by atoms with E-state index in [4.69, 9.17) is 0 Å². The molecule has 2 heterocycles. The molecule has 0 aromatic carbocycles. The zero-order valence-electron chi connectivity index (χ0n) is 6.21. The van der Waals surface area contributed by atoms with Crippen LogP contribution in [0, 0.1) is 0 Å². The van der Waals surface area contributed by atoms with Gasteiger partial charge < -0.3 is 0 Å². The van der Waals surface area contributed by atoms with Crippen molar-refractivity contribution in [2.45, 2.75) is 0 Å². The highest BCUT2D eigenvalue weighted by Gasteiger charge is 2.04. The van der Waals surface area contributed by atoms with Gasteiger partial charge in [-0.15, -0.1) is 0 Å². The summed E-state index contributed by atoms with van der Waals surface area (Å²) in [7, 11) is 1.64. The number of halogens is 1. The van der Waals surface area contributed by atoms with Crippen molar-refractivity contribution in [3.05, 3.63) is 21.3 Å². The van der Waals surface area contributed by atoms with Crippen molar-refractivity contribution in [1.82, 2.24) is 19.5 Å². The summed E-state index contributed by atoms with van der Waals surface area (Å²) in [6.07, 6.45) is 1.55. The van der Waals surface area contributed by atoms with Gasteiger partial charge in [0.05, 0.1) is 6.20 Å². The van der Waals surface area contributed by atoms with E-state index in [0.717, 1.165) is 0 Å². The third-order valence-corrected chi connectivity index (χ3v) is 1.95. The van der Waals surface area contributed by atoms with Crippen LogP contribution >= 0.6 is 15.9 Å². The maximum Gasteiger partial charge on any atom is 0.328 e. The number of hydrogen-bond acceptors (Lipinski definition) is 3. The van der Waals surface area contributed by atoms with Gasteiger partial charge in [0, 0.05) is 7.05 Å². The molecular formula is C6H5BrN4O. The second-order valence-electron chi connectivity index (χ2n) is 2.35. The number of nitrogens with one attached hydrogen (secondary N) is 1. The zero-order chi connectivity index (χ0) is 8.72. The SMILES string of the molecule is Cn1c(=O)[nH]c2nc(Br)cnc21. The molecule has 12 heavy (non-hydrogen) atoms. The maximum atomic E-state index is 11.1. The van der Waals surface area contributed by atoms with E-state index in [9.17, 15) is 4.79 Å². The first-order chi connectivity index (χ1) is 5.68. The lowest BCUT2D eigenvalue weighted by Gasteiger charge is -1.90. The topological polar surface area (TPSA) is 63.6 Å². The van der Waals surface area contributed by atoms with E-state index in [-0.39, 0.29) is 5.69 Å². The first-order valence-corrected chi connectivity index (χ1v) is 4.05. The van der Waals surface area contributed by atoms with Crippen molar-refractivity contribution < 1.29 is 0 Å². The minimum Gasteiger partial charge on any atom is -0.289 e. The van der Waals surface area contributed by atoms with E-state index in [1.807, 2.05) is 0 Å². The first-order valence-electron chi connectivity index (χ1n) is 3.26. The molecule has 0 saturated carbocycles. The average Bonchev–Trinajstić information content (AvgIpc) is 2.28. The van der Waals surface area contributed by atoms with Gasteiger partial charge in [0.15, 0.2) is 11.3 Å². The van der Waals surface area contributed by atoms with Gasteiger partial charge in [-0.3, -0.25) is 9.55 Å². The van der Waals surface area contributed by atoms with E-state index < -0.39 is 0 Å². The van der Waals surface area contributed by atoms with Crippen LogP contribution in [0.15, 0.2) is 15.6 Å². The number of aromatic amines is 1. The van der Waals surface area contributed by atoms with Crippen molar-refractivity contribution in [2.75, 3.05) is 0 Å². The minimum absolute atomic E-state index is 0.205. The molecule has 0 amide bonds. The smallest absolute Gasteiger partial charge is 0.289 e. The van der Waals surface area contributed by atoms with E-state index in [0.29, 0.717) is 15.9 Å². The molecule has 2 rings (SSSR count). The second kappa shape index (κ2) is 2.41. The zero-order valence-corrected chi connectivity index (χ0v) is 7.79.